The molecule has 0 atom stereocenters. The fourth-order valence-corrected chi connectivity index (χ4v) is 2.93. The summed E-state index contributed by atoms with van der Waals surface area (Å²) in [6.07, 6.45) is 0. The Kier molecular flexibility index (Phi) is 4.42. The quantitative estimate of drug-likeness (QED) is 0.851. The number of para-hydroxylation sites is 1. The van der Waals surface area contributed by atoms with E-state index in [0.29, 0.717) is 17.1 Å². The Labute approximate surface area is 129 Å². The first kappa shape index (κ1) is 14.4. The van der Waals surface area contributed by atoms with Crippen molar-refractivity contribution in [2.45, 2.75) is 6.54 Å². The molecule has 1 aliphatic heterocycles. The van der Waals surface area contributed by atoms with Gasteiger partial charge in [-0.25, -0.2) is 4.39 Å². The molecule has 1 heterocycles. The lowest BCUT2D eigenvalue weighted by Gasteiger charge is -2.36. The Bertz CT molecular complexity index is 575. The van der Waals surface area contributed by atoms with Crippen molar-refractivity contribution in [1.82, 2.24) is 4.90 Å². The summed E-state index contributed by atoms with van der Waals surface area (Å²) in [5.74, 6) is -0.215. The molecule has 2 aromatic carbocycles. The number of nitrogens with zero attached hydrogens (tertiary/aromatic N) is 2. The molecule has 0 amide bonds. The summed E-state index contributed by atoms with van der Waals surface area (Å²) >= 11 is 6.10. The molecule has 0 bridgehead atoms. The van der Waals surface area contributed by atoms with Crippen molar-refractivity contribution in [3.63, 3.8) is 0 Å². The van der Waals surface area contributed by atoms with Crippen molar-refractivity contribution in [1.29, 1.82) is 0 Å². The van der Waals surface area contributed by atoms with Crippen LogP contribution in [0.15, 0.2) is 48.5 Å². The topological polar surface area (TPSA) is 6.48 Å². The lowest BCUT2D eigenvalue weighted by atomic mass is 10.1. The van der Waals surface area contributed by atoms with E-state index in [1.807, 2.05) is 6.07 Å². The standard InChI is InChI=1S/C17H18ClFN2/c18-16-7-4-8-17(19)15(16)13-20-9-11-21(12-10-20)14-5-2-1-3-6-14/h1-8H,9-13H2. The average molecular weight is 305 g/mol. The normalized spacial score (nSPS) is 16.2. The van der Waals surface area contributed by atoms with Crippen molar-refractivity contribution in [3.05, 3.63) is 64.9 Å². The highest BCUT2D eigenvalue weighted by Gasteiger charge is 2.19. The summed E-state index contributed by atoms with van der Waals surface area (Å²) in [5, 5.41) is 0.514. The van der Waals surface area contributed by atoms with Crippen LogP contribution in [0.25, 0.3) is 0 Å². The number of anilines is 1. The Morgan fingerprint density at radius 1 is 0.905 bits per heavy atom. The van der Waals surface area contributed by atoms with Gasteiger partial charge >= 0.3 is 0 Å². The third-order valence-electron chi connectivity index (χ3n) is 3.94. The van der Waals surface area contributed by atoms with Crippen molar-refractivity contribution in [2.75, 3.05) is 31.1 Å². The van der Waals surface area contributed by atoms with Gasteiger partial charge in [0, 0.05) is 49.0 Å². The molecule has 21 heavy (non-hydrogen) atoms. The van der Waals surface area contributed by atoms with Crippen LogP contribution in [0.4, 0.5) is 10.1 Å². The summed E-state index contributed by atoms with van der Waals surface area (Å²) in [4.78, 5) is 4.61. The molecule has 4 heteroatoms. The Morgan fingerprint density at radius 3 is 2.29 bits per heavy atom. The van der Waals surface area contributed by atoms with Crippen molar-refractivity contribution >= 4 is 17.3 Å². The number of rotatable bonds is 3. The zero-order valence-corrected chi connectivity index (χ0v) is 12.6. The van der Waals surface area contributed by atoms with Gasteiger partial charge in [0.1, 0.15) is 5.82 Å². The number of benzene rings is 2. The van der Waals surface area contributed by atoms with E-state index in [0.717, 1.165) is 26.2 Å². The van der Waals surface area contributed by atoms with Crippen LogP contribution in [0.5, 0.6) is 0 Å². The third kappa shape index (κ3) is 3.36. The van der Waals surface area contributed by atoms with Gasteiger partial charge in [-0.3, -0.25) is 4.90 Å². The fourth-order valence-electron chi connectivity index (χ4n) is 2.71. The van der Waals surface area contributed by atoms with Crippen molar-refractivity contribution in [3.8, 4) is 0 Å². The van der Waals surface area contributed by atoms with Crippen LogP contribution in [0.1, 0.15) is 5.56 Å². The van der Waals surface area contributed by atoms with E-state index in [1.54, 1.807) is 12.1 Å². The lowest BCUT2D eigenvalue weighted by molar-refractivity contribution is 0.246. The Morgan fingerprint density at radius 2 is 1.62 bits per heavy atom. The number of halogens is 2. The fraction of sp³-hybridized carbons (Fsp3) is 0.294. The van der Waals surface area contributed by atoms with E-state index in [1.165, 1.54) is 11.8 Å². The Balaban J connectivity index is 1.62. The lowest BCUT2D eigenvalue weighted by Crippen LogP contribution is -2.46. The molecule has 3 rings (SSSR count). The van der Waals surface area contributed by atoms with Gasteiger partial charge in [-0.15, -0.1) is 0 Å². The highest BCUT2D eigenvalue weighted by atomic mass is 35.5. The molecule has 0 radical (unpaired) electrons. The molecule has 0 spiro atoms. The third-order valence-corrected chi connectivity index (χ3v) is 4.29. The molecular weight excluding hydrogens is 287 g/mol. The summed E-state index contributed by atoms with van der Waals surface area (Å²) < 4.78 is 13.8. The first-order valence-electron chi connectivity index (χ1n) is 7.19. The second-order valence-electron chi connectivity index (χ2n) is 5.30. The number of piperazine rings is 1. The minimum atomic E-state index is -0.215. The molecular formula is C17H18ClFN2. The van der Waals surface area contributed by atoms with E-state index in [4.69, 9.17) is 11.6 Å². The first-order valence-corrected chi connectivity index (χ1v) is 7.57. The molecule has 0 saturated carbocycles. The van der Waals surface area contributed by atoms with Gasteiger partial charge in [-0.05, 0) is 24.3 Å². The molecule has 1 saturated heterocycles. The number of hydrogen-bond acceptors (Lipinski definition) is 2. The van der Waals surface area contributed by atoms with Crippen LogP contribution in [-0.4, -0.2) is 31.1 Å². The maximum absolute atomic E-state index is 13.8. The summed E-state index contributed by atoms with van der Waals surface area (Å²) in [5.41, 5.74) is 1.86. The minimum Gasteiger partial charge on any atom is -0.369 e. The molecule has 110 valence electrons. The van der Waals surface area contributed by atoms with Crippen LogP contribution in [0.2, 0.25) is 5.02 Å². The van der Waals surface area contributed by atoms with E-state index in [2.05, 4.69) is 34.1 Å². The monoisotopic (exact) mass is 304 g/mol. The van der Waals surface area contributed by atoms with E-state index >= 15 is 0 Å². The van der Waals surface area contributed by atoms with E-state index in [-0.39, 0.29) is 5.82 Å². The van der Waals surface area contributed by atoms with Gasteiger partial charge in [-0.1, -0.05) is 35.9 Å². The van der Waals surface area contributed by atoms with E-state index in [9.17, 15) is 4.39 Å². The summed E-state index contributed by atoms with van der Waals surface area (Å²) in [6, 6.07) is 15.3. The van der Waals surface area contributed by atoms with Gasteiger partial charge in [-0.2, -0.15) is 0 Å². The molecule has 1 fully saturated rings. The van der Waals surface area contributed by atoms with Crippen LogP contribution >= 0.6 is 11.6 Å². The molecule has 0 aromatic heterocycles. The average Bonchev–Trinajstić information content (AvgIpc) is 2.53. The van der Waals surface area contributed by atoms with Crippen LogP contribution in [-0.2, 0) is 6.54 Å². The molecule has 0 N–H and O–H groups in total. The molecule has 0 unspecified atom stereocenters. The van der Waals surface area contributed by atoms with Crippen LogP contribution in [0.3, 0.4) is 0 Å². The summed E-state index contributed by atoms with van der Waals surface area (Å²) in [6.45, 7) is 4.32. The van der Waals surface area contributed by atoms with E-state index < -0.39 is 0 Å². The van der Waals surface area contributed by atoms with Gasteiger partial charge in [0.15, 0.2) is 0 Å². The van der Waals surface area contributed by atoms with Crippen molar-refractivity contribution < 1.29 is 4.39 Å². The predicted octanol–water partition coefficient (Wildman–Crippen LogP) is 3.80. The van der Waals surface area contributed by atoms with Crippen LogP contribution in [0, 0.1) is 5.82 Å². The second kappa shape index (κ2) is 6.46. The van der Waals surface area contributed by atoms with Crippen molar-refractivity contribution in [2.24, 2.45) is 0 Å². The number of hydrogen-bond donors (Lipinski definition) is 0. The van der Waals surface area contributed by atoms with Crippen LogP contribution < -0.4 is 4.90 Å². The zero-order chi connectivity index (χ0) is 14.7. The molecule has 1 aliphatic rings. The zero-order valence-electron chi connectivity index (χ0n) is 11.8. The smallest absolute Gasteiger partial charge is 0.129 e. The Hall–Kier alpha value is -1.58. The first-order chi connectivity index (χ1) is 10.2. The van der Waals surface area contributed by atoms with Gasteiger partial charge in [0.05, 0.1) is 0 Å². The molecule has 2 aromatic rings. The second-order valence-corrected chi connectivity index (χ2v) is 5.71. The summed E-state index contributed by atoms with van der Waals surface area (Å²) in [7, 11) is 0. The van der Waals surface area contributed by atoms with Gasteiger partial charge < -0.3 is 4.90 Å². The van der Waals surface area contributed by atoms with Gasteiger partial charge in [0.25, 0.3) is 0 Å². The predicted molar refractivity (Wildman–Crippen MR) is 85.3 cm³/mol. The highest BCUT2D eigenvalue weighted by molar-refractivity contribution is 6.31. The van der Waals surface area contributed by atoms with Gasteiger partial charge in [0.2, 0.25) is 0 Å². The largest absolute Gasteiger partial charge is 0.369 e. The molecule has 2 nitrogen and oxygen atoms in total. The SMILES string of the molecule is Fc1cccc(Cl)c1CN1CCN(c2ccccc2)CC1. The highest BCUT2D eigenvalue weighted by Crippen LogP contribution is 2.22. The molecule has 0 aliphatic carbocycles. The maximum atomic E-state index is 13.8. The minimum absolute atomic E-state index is 0.215. The maximum Gasteiger partial charge on any atom is 0.129 e.